The average molecular weight is 275 g/mol. The Labute approximate surface area is 116 Å². The van der Waals surface area contributed by atoms with Gasteiger partial charge in [0.15, 0.2) is 0 Å². The van der Waals surface area contributed by atoms with Crippen LogP contribution in [0.2, 0.25) is 0 Å². The summed E-state index contributed by atoms with van der Waals surface area (Å²) in [6.45, 7) is 3.75. The first-order valence-corrected chi connectivity index (χ1v) is 6.37. The van der Waals surface area contributed by atoms with Crippen molar-refractivity contribution in [3.8, 4) is 0 Å². The maximum Gasteiger partial charge on any atom is 0.261 e. The Bertz CT molecular complexity index is 640. The molecule has 0 fully saturated rings. The largest absolute Gasteiger partial charge is 0.306 e. The molecule has 0 saturated heterocycles. The normalized spacial score (nSPS) is 10.4. The maximum absolute atomic E-state index is 13.8. The van der Waals surface area contributed by atoms with Crippen LogP contribution in [0.4, 0.5) is 14.5 Å². The molecule has 0 saturated carbocycles. The topological polar surface area (TPSA) is 20.3 Å². The van der Waals surface area contributed by atoms with Crippen molar-refractivity contribution < 1.29 is 13.6 Å². The summed E-state index contributed by atoms with van der Waals surface area (Å²) in [7, 11) is 0. The van der Waals surface area contributed by atoms with Crippen LogP contribution >= 0.6 is 0 Å². The molecule has 0 aliphatic heterocycles. The lowest BCUT2D eigenvalue weighted by Gasteiger charge is -2.22. The minimum atomic E-state index is -0.601. The highest BCUT2D eigenvalue weighted by atomic mass is 19.1. The number of anilines is 1. The molecular formula is C16H15F2NO. The van der Waals surface area contributed by atoms with E-state index in [4.69, 9.17) is 0 Å². The molecule has 104 valence electrons. The molecule has 2 rings (SSSR count). The fraction of sp³-hybridized carbons (Fsp3) is 0.188. The molecule has 1 amide bonds. The third-order valence-electron chi connectivity index (χ3n) is 3.06. The van der Waals surface area contributed by atoms with Crippen molar-refractivity contribution in [2.45, 2.75) is 13.8 Å². The first kappa shape index (κ1) is 14.2. The molecule has 20 heavy (non-hydrogen) atoms. The molecule has 0 aliphatic rings. The van der Waals surface area contributed by atoms with E-state index in [0.29, 0.717) is 0 Å². The van der Waals surface area contributed by atoms with Gasteiger partial charge in [0.05, 0.1) is 11.3 Å². The number of nitrogens with zero attached hydrogens (tertiary/aromatic N) is 1. The molecule has 0 aromatic heterocycles. The zero-order valence-corrected chi connectivity index (χ0v) is 11.4. The molecule has 0 bridgehead atoms. The van der Waals surface area contributed by atoms with Crippen molar-refractivity contribution in [2.75, 3.05) is 11.4 Å². The summed E-state index contributed by atoms with van der Waals surface area (Å²) in [4.78, 5) is 13.7. The van der Waals surface area contributed by atoms with Crippen LogP contribution in [0, 0.1) is 18.6 Å². The second-order valence-corrected chi connectivity index (χ2v) is 4.48. The predicted octanol–water partition coefficient (Wildman–Crippen LogP) is 3.94. The number of halogens is 2. The van der Waals surface area contributed by atoms with Gasteiger partial charge in [-0.3, -0.25) is 4.79 Å². The van der Waals surface area contributed by atoms with Crippen molar-refractivity contribution in [2.24, 2.45) is 0 Å². The molecule has 0 radical (unpaired) electrons. The Hall–Kier alpha value is -2.23. The molecule has 2 aromatic carbocycles. The van der Waals surface area contributed by atoms with E-state index in [9.17, 15) is 13.6 Å². The Morgan fingerprint density at radius 2 is 1.80 bits per heavy atom. The van der Waals surface area contributed by atoms with Crippen molar-refractivity contribution >= 4 is 11.6 Å². The fourth-order valence-electron chi connectivity index (χ4n) is 2.04. The highest BCUT2D eigenvalue weighted by Crippen LogP contribution is 2.22. The molecule has 0 spiro atoms. The molecule has 0 atom stereocenters. The molecule has 0 N–H and O–H groups in total. The van der Waals surface area contributed by atoms with Crippen LogP contribution in [0.25, 0.3) is 0 Å². The van der Waals surface area contributed by atoms with E-state index in [-0.39, 0.29) is 17.8 Å². The van der Waals surface area contributed by atoms with Crippen molar-refractivity contribution in [1.29, 1.82) is 0 Å². The third-order valence-corrected chi connectivity index (χ3v) is 3.06. The summed E-state index contributed by atoms with van der Waals surface area (Å²) in [5, 5.41) is 0. The van der Waals surface area contributed by atoms with E-state index in [1.54, 1.807) is 32.0 Å². The Balaban J connectivity index is 2.45. The van der Waals surface area contributed by atoms with E-state index in [0.717, 1.165) is 5.56 Å². The van der Waals surface area contributed by atoms with Crippen molar-refractivity contribution in [3.63, 3.8) is 0 Å². The van der Waals surface area contributed by atoms with E-state index in [1.807, 2.05) is 0 Å². The minimum absolute atomic E-state index is 0.0462. The monoisotopic (exact) mass is 275 g/mol. The summed E-state index contributed by atoms with van der Waals surface area (Å²) in [6.07, 6.45) is 0. The van der Waals surface area contributed by atoms with Crippen molar-refractivity contribution in [1.82, 2.24) is 0 Å². The summed E-state index contributed by atoms with van der Waals surface area (Å²) < 4.78 is 27.6. The van der Waals surface area contributed by atoms with Crippen LogP contribution in [-0.4, -0.2) is 12.5 Å². The quantitative estimate of drug-likeness (QED) is 0.830. The van der Waals surface area contributed by atoms with Gasteiger partial charge in [0.25, 0.3) is 5.91 Å². The van der Waals surface area contributed by atoms with Gasteiger partial charge in [-0.15, -0.1) is 0 Å². The molecule has 2 nitrogen and oxygen atoms in total. The van der Waals surface area contributed by atoms with Gasteiger partial charge in [-0.25, -0.2) is 8.78 Å². The van der Waals surface area contributed by atoms with Gasteiger partial charge >= 0.3 is 0 Å². The number of carbonyl (C=O) groups is 1. The first-order valence-electron chi connectivity index (χ1n) is 6.37. The van der Waals surface area contributed by atoms with Gasteiger partial charge in [0.1, 0.15) is 11.6 Å². The summed E-state index contributed by atoms with van der Waals surface area (Å²) in [5.74, 6) is -1.65. The van der Waals surface area contributed by atoms with Crippen LogP contribution in [0.3, 0.4) is 0 Å². The number of rotatable bonds is 3. The van der Waals surface area contributed by atoms with Crippen LogP contribution < -0.4 is 4.90 Å². The van der Waals surface area contributed by atoms with Crippen LogP contribution in [0.1, 0.15) is 22.8 Å². The van der Waals surface area contributed by atoms with Crippen LogP contribution in [0.5, 0.6) is 0 Å². The number of hydrogen-bond acceptors (Lipinski definition) is 1. The molecule has 2 aromatic rings. The fourth-order valence-corrected chi connectivity index (χ4v) is 2.04. The standard InChI is InChI=1S/C16H15F2NO/c1-3-19(15-7-5-4-6-14(15)18)16(20)12-10-11(2)8-9-13(12)17/h4-10H,3H2,1-2H3. The number of aryl methyl sites for hydroxylation is 1. The Morgan fingerprint density at radius 1 is 1.10 bits per heavy atom. The lowest BCUT2D eigenvalue weighted by molar-refractivity contribution is 0.0983. The molecular weight excluding hydrogens is 260 g/mol. The van der Waals surface area contributed by atoms with E-state index >= 15 is 0 Å². The minimum Gasteiger partial charge on any atom is -0.306 e. The predicted molar refractivity (Wildman–Crippen MR) is 74.9 cm³/mol. The molecule has 0 unspecified atom stereocenters. The Morgan fingerprint density at radius 3 is 2.45 bits per heavy atom. The number of benzene rings is 2. The third kappa shape index (κ3) is 2.69. The summed E-state index contributed by atoms with van der Waals surface area (Å²) in [6, 6.07) is 10.3. The zero-order valence-electron chi connectivity index (χ0n) is 11.4. The van der Waals surface area contributed by atoms with Gasteiger partial charge in [0, 0.05) is 6.54 Å². The number of amides is 1. The van der Waals surface area contributed by atoms with E-state index in [1.165, 1.54) is 29.2 Å². The van der Waals surface area contributed by atoms with E-state index in [2.05, 4.69) is 0 Å². The lowest BCUT2D eigenvalue weighted by Crippen LogP contribution is -2.32. The van der Waals surface area contributed by atoms with Gasteiger partial charge in [0.2, 0.25) is 0 Å². The Kier molecular flexibility index (Phi) is 4.13. The number of hydrogen-bond donors (Lipinski definition) is 0. The van der Waals surface area contributed by atoms with Gasteiger partial charge < -0.3 is 4.90 Å². The van der Waals surface area contributed by atoms with Crippen LogP contribution in [0.15, 0.2) is 42.5 Å². The van der Waals surface area contributed by atoms with Gasteiger partial charge in [-0.2, -0.15) is 0 Å². The average Bonchev–Trinajstić information content (AvgIpc) is 2.44. The molecule has 0 heterocycles. The number of carbonyl (C=O) groups excluding carboxylic acids is 1. The zero-order chi connectivity index (χ0) is 14.7. The smallest absolute Gasteiger partial charge is 0.261 e. The summed E-state index contributed by atoms with van der Waals surface area (Å²) in [5.41, 5.74) is 0.885. The highest BCUT2D eigenvalue weighted by Gasteiger charge is 2.21. The second-order valence-electron chi connectivity index (χ2n) is 4.48. The number of para-hydroxylation sites is 1. The molecule has 0 aliphatic carbocycles. The van der Waals surface area contributed by atoms with E-state index < -0.39 is 17.5 Å². The SMILES string of the molecule is CCN(C(=O)c1cc(C)ccc1F)c1ccccc1F. The van der Waals surface area contributed by atoms with Crippen LogP contribution in [-0.2, 0) is 0 Å². The summed E-state index contributed by atoms with van der Waals surface area (Å²) >= 11 is 0. The van der Waals surface area contributed by atoms with Crippen molar-refractivity contribution in [3.05, 3.63) is 65.2 Å². The second kappa shape index (κ2) is 5.82. The van der Waals surface area contributed by atoms with Gasteiger partial charge in [-0.05, 0) is 38.1 Å². The lowest BCUT2D eigenvalue weighted by atomic mass is 10.1. The van der Waals surface area contributed by atoms with Gasteiger partial charge in [-0.1, -0.05) is 23.8 Å². The highest BCUT2D eigenvalue weighted by molar-refractivity contribution is 6.06. The maximum atomic E-state index is 13.8. The molecule has 4 heteroatoms. The first-order chi connectivity index (χ1) is 9.54.